The van der Waals surface area contributed by atoms with Gasteiger partial charge in [-0.2, -0.15) is 0 Å². The van der Waals surface area contributed by atoms with E-state index in [4.69, 9.17) is 0 Å². The van der Waals surface area contributed by atoms with Crippen LogP contribution < -0.4 is 10.6 Å². The number of nitrogens with one attached hydrogen (secondary N) is 2. The molecule has 8 heteroatoms. The highest BCUT2D eigenvalue weighted by Crippen LogP contribution is 2.28. The van der Waals surface area contributed by atoms with Crippen LogP contribution in [0.2, 0.25) is 0 Å². The van der Waals surface area contributed by atoms with E-state index in [0.29, 0.717) is 30.6 Å². The number of aliphatic carboxylic acids is 1. The van der Waals surface area contributed by atoms with Gasteiger partial charge in [-0.15, -0.1) is 0 Å². The van der Waals surface area contributed by atoms with Crippen molar-refractivity contribution in [3.63, 3.8) is 0 Å². The first kappa shape index (κ1) is 23.8. The number of carbonyl (C=O) groups is 3. The van der Waals surface area contributed by atoms with Crippen molar-refractivity contribution in [1.29, 1.82) is 0 Å². The number of carboxylic acid groups (broad SMARTS) is 1. The predicted octanol–water partition coefficient (Wildman–Crippen LogP) is 3.87. The third-order valence-electron chi connectivity index (χ3n) is 6.06. The number of aromatic hydroxyl groups is 1. The molecular weight excluding hydrogens is 446 g/mol. The standard InChI is InChI=1S/C27H27N3O5/c31-20-14-12-18(13-15-20)17-23(26(33)34)28-25(32)24-11-6-16-30(24)27(35)29-22-10-5-4-9-21(22)19-7-2-1-3-8-19/h1-5,7-10,12-15,23-24,31H,6,11,16-17H2,(H,28,32)(H,29,35)(H,33,34)/t23-,24?/m0/s1. The molecule has 3 aromatic carbocycles. The van der Waals surface area contributed by atoms with E-state index in [1.165, 1.54) is 17.0 Å². The molecule has 0 aromatic heterocycles. The Morgan fingerprint density at radius 3 is 2.34 bits per heavy atom. The first-order valence-corrected chi connectivity index (χ1v) is 11.5. The highest BCUT2D eigenvalue weighted by Gasteiger charge is 2.36. The molecule has 35 heavy (non-hydrogen) atoms. The average molecular weight is 474 g/mol. The summed E-state index contributed by atoms with van der Waals surface area (Å²) in [5, 5.41) is 24.6. The monoisotopic (exact) mass is 473 g/mol. The van der Waals surface area contributed by atoms with Crippen molar-refractivity contribution in [3.05, 3.63) is 84.4 Å². The Hall–Kier alpha value is -4.33. The van der Waals surface area contributed by atoms with Crippen LogP contribution in [0.1, 0.15) is 18.4 Å². The molecular formula is C27H27N3O5. The van der Waals surface area contributed by atoms with Crippen molar-refractivity contribution in [2.45, 2.75) is 31.3 Å². The Kier molecular flexibility index (Phi) is 7.30. The van der Waals surface area contributed by atoms with E-state index in [-0.39, 0.29) is 12.2 Å². The van der Waals surface area contributed by atoms with Crippen LogP contribution >= 0.6 is 0 Å². The molecule has 3 amide bonds. The van der Waals surface area contributed by atoms with Crippen molar-refractivity contribution in [2.75, 3.05) is 11.9 Å². The normalized spacial score (nSPS) is 15.9. The molecule has 4 N–H and O–H groups in total. The fraction of sp³-hybridized carbons (Fsp3) is 0.222. The molecule has 0 bridgehead atoms. The van der Waals surface area contributed by atoms with Gasteiger partial charge in [0.05, 0.1) is 5.69 Å². The summed E-state index contributed by atoms with van der Waals surface area (Å²) in [6.45, 7) is 0.396. The number of phenolic OH excluding ortho intramolecular Hbond substituents is 1. The van der Waals surface area contributed by atoms with E-state index in [1.807, 2.05) is 54.6 Å². The van der Waals surface area contributed by atoms with Gasteiger partial charge < -0.3 is 25.7 Å². The van der Waals surface area contributed by atoms with Crippen LogP contribution in [0.3, 0.4) is 0 Å². The van der Waals surface area contributed by atoms with Crippen LogP contribution in [0.15, 0.2) is 78.9 Å². The summed E-state index contributed by atoms with van der Waals surface area (Å²) in [6, 6.07) is 20.9. The molecule has 8 nitrogen and oxygen atoms in total. The van der Waals surface area contributed by atoms with Crippen molar-refractivity contribution in [3.8, 4) is 16.9 Å². The number of nitrogens with zero attached hydrogens (tertiary/aromatic N) is 1. The van der Waals surface area contributed by atoms with Gasteiger partial charge in [0, 0.05) is 18.5 Å². The molecule has 2 atom stereocenters. The van der Waals surface area contributed by atoms with Crippen molar-refractivity contribution < 1.29 is 24.6 Å². The third kappa shape index (κ3) is 5.78. The second-order valence-electron chi connectivity index (χ2n) is 8.46. The molecule has 1 heterocycles. The predicted molar refractivity (Wildman–Crippen MR) is 132 cm³/mol. The van der Waals surface area contributed by atoms with E-state index in [9.17, 15) is 24.6 Å². The maximum Gasteiger partial charge on any atom is 0.326 e. The molecule has 180 valence electrons. The molecule has 1 unspecified atom stereocenters. The van der Waals surface area contributed by atoms with Gasteiger partial charge in [0.25, 0.3) is 0 Å². The molecule has 3 aromatic rings. The quantitative estimate of drug-likeness (QED) is 0.415. The number of rotatable bonds is 7. The molecule has 0 radical (unpaired) electrons. The van der Waals surface area contributed by atoms with Crippen LogP contribution in [0.5, 0.6) is 5.75 Å². The number of carbonyl (C=O) groups excluding carboxylic acids is 2. The molecule has 1 aliphatic rings. The number of urea groups is 1. The largest absolute Gasteiger partial charge is 0.508 e. The number of likely N-dealkylation sites (tertiary alicyclic amines) is 1. The highest BCUT2D eigenvalue weighted by atomic mass is 16.4. The summed E-state index contributed by atoms with van der Waals surface area (Å²) < 4.78 is 0. The van der Waals surface area contributed by atoms with E-state index in [2.05, 4.69) is 10.6 Å². The number of anilines is 1. The van der Waals surface area contributed by atoms with Gasteiger partial charge >= 0.3 is 12.0 Å². The molecule has 1 aliphatic heterocycles. The lowest BCUT2D eigenvalue weighted by Crippen LogP contribution is -2.52. The van der Waals surface area contributed by atoms with E-state index in [0.717, 1.165) is 11.1 Å². The summed E-state index contributed by atoms with van der Waals surface area (Å²) >= 11 is 0. The number of phenols is 1. The van der Waals surface area contributed by atoms with Gasteiger partial charge in [0.15, 0.2) is 0 Å². The smallest absolute Gasteiger partial charge is 0.326 e. The summed E-state index contributed by atoms with van der Waals surface area (Å²) in [7, 11) is 0. The highest BCUT2D eigenvalue weighted by molar-refractivity contribution is 5.98. The minimum Gasteiger partial charge on any atom is -0.508 e. The molecule has 0 saturated carbocycles. The van der Waals surface area contributed by atoms with Gasteiger partial charge in [0.1, 0.15) is 17.8 Å². The minimum atomic E-state index is -1.17. The Labute approximate surface area is 203 Å². The lowest BCUT2D eigenvalue weighted by Gasteiger charge is -2.26. The number of amides is 3. The van der Waals surface area contributed by atoms with Gasteiger partial charge in [0.2, 0.25) is 5.91 Å². The van der Waals surface area contributed by atoms with Gasteiger partial charge in [-0.3, -0.25) is 4.79 Å². The van der Waals surface area contributed by atoms with Crippen molar-refractivity contribution in [2.24, 2.45) is 0 Å². The Morgan fingerprint density at radius 2 is 1.63 bits per heavy atom. The second-order valence-corrected chi connectivity index (χ2v) is 8.46. The topological polar surface area (TPSA) is 119 Å². The van der Waals surface area contributed by atoms with Crippen LogP contribution in [0, 0.1) is 0 Å². The SMILES string of the molecule is O=C(N[C@@H](Cc1ccc(O)cc1)C(=O)O)C1CCCN1C(=O)Nc1ccccc1-c1ccccc1. The second kappa shape index (κ2) is 10.7. The fourth-order valence-electron chi connectivity index (χ4n) is 4.27. The lowest BCUT2D eigenvalue weighted by atomic mass is 10.0. The Morgan fingerprint density at radius 1 is 0.943 bits per heavy atom. The number of hydrogen-bond acceptors (Lipinski definition) is 4. The van der Waals surface area contributed by atoms with Crippen molar-refractivity contribution >= 4 is 23.6 Å². The Bertz CT molecular complexity index is 1200. The van der Waals surface area contributed by atoms with Crippen LogP contribution in [0.4, 0.5) is 10.5 Å². The number of para-hydroxylation sites is 1. The minimum absolute atomic E-state index is 0.0602. The fourth-order valence-corrected chi connectivity index (χ4v) is 4.27. The van der Waals surface area contributed by atoms with E-state index < -0.39 is 30.0 Å². The summed E-state index contributed by atoms with van der Waals surface area (Å²) in [5.74, 6) is -1.59. The summed E-state index contributed by atoms with van der Waals surface area (Å²) in [5.41, 5.74) is 3.11. The zero-order chi connectivity index (χ0) is 24.8. The van der Waals surface area contributed by atoms with E-state index in [1.54, 1.807) is 12.1 Å². The molecule has 1 saturated heterocycles. The zero-order valence-electron chi connectivity index (χ0n) is 19.1. The zero-order valence-corrected chi connectivity index (χ0v) is 19.1. The number of hydrogen-bond donors (Lipinski definition) is 4. The maximum atomic E-state index is 13.2. The lowest BCUT2D eigenvalue weighted by molar-refractivity contribution is -0.142. The number of benzene rings is 3. The van der Waals surface area contributed by atoms with Gasteiger partial charge in [-0.25, -0.2) is 9.59 Å². The molecule has 0 aliphatic carbocycles. The van der Waals surface area contributed by atoms with Crippen LogP contribution in [-0.4, -0.2) is 51.6 Å². The van der Waals surface area contributed by atoms with Gasteiger partial charge in [-0.05, 0) is 42.2 Å². The Balaban J connectivity index is 1.45. The average Bonchev–Trinajstić information content (AvgIpc) is 3.36. The first-order chi connectivity index (χ1) is 16.9. The maximum absolute atomic E-state index is 13.2. The first-order valence-electron chi connectivity index (χ1n) is 11.5. The summed E-state index contributed by atoms with van der Waals surface area (Å²) in [4.78, 5) is 39.4. The van der Waals surface area contributed by atoms with Gasteiger partial charge in [-0.1, -0.05) is 60.7 Å². The number of carboxylic acids is 1. The summed E-state index contributed by atoms with van der Waals surface area (Å²) in [6.07, 6.45) is 1.15. The van der Waals surface area contributed by atoms with Crippen LogP contribution in [0.25, 0.3) is 11.1 Å². The molecule has 1 fully saturated rings. The van der Waals surface area contributed by atoms with Crippen LogP contribution in [-0.2, 0) is 16.0 Å². The molecule has 4 rings (SSSR count). The van der Waals surface area contributed by atoms with E-state index >= 15 is 0 Å². The van der Waals surface area contributed by atoms with Crippen molar-refractivity contribution in [1.82, 2.24) is 10.2 Å². The molecule has 0 spiro atoms. The third-order valence-corrected chi connectivity index (χ3v) is 6.06.